The van der Waals surface area contributed by atoms with Crippen LogP contribution < -0.4 is 14.2 Å². The first-order valence-corrected chi connectivity index (χ1v) is 7.91. The number of fused-ring (bicyclic) bond motifs is 1. The third-order valence-corrected chi connectivity index (χ3v) is 3.96. The van der Waals surface area contributed by atoms with E-state index in [1.165, 1.54) is 0 Å². The van der Waals surface area contributed by atoms with Gasteiger partial charge < -0.3 is 19.1 Å². The van der Waals surface area contributed by atoms with Gasteiger partial charge in [-0.25, -0.2) is 0 Å². The van der Waals surface area contributed by atoms with Gasteiger partial charge in [-0.15, -0.1) is 0 Å². The molecule has 0 saturated heterocycles. The van der Waals surface area contributed by atoms with Crippen LogP contribution in [0.15, 0.2) is 48.5 Å². The van der Waals surface area contributed by atoms with E-state index in [0.29, 0.717) is 19.6 Å². The minimum atomic E-state index is -0.167. The summed E-state index contributed by atoms with van der Waals surface area (Å²) in [5.74, 6) is 2.26. The summed E-state index contributed by atoms with van der Waals surface area (Å²) in [7, 11) is 3.40. The minimum absolute atomic E-state index is 0.0331. The van der Waals surface area contributed by atoms with Crippen LogP contribution in [-0.2, 0) is 11.2 Å². The lowest BCUT2D eigenvalue weighted by molar-refractivity contribution is -0.130. The SMILES string of the molecule is COc1cccc(CC(=O)N(C)C[C@@H]2COc3ccccc3O2)c1. The zero-order valence-corrected chi connectivity index (χ0v) is 13.9. The molecule has 5 nitrogen and oxygen atoms in total. The molecule has 0 aromatic heterocycles. The lowest BCUT2D eigenvalue weighted by atomic mass is 10.1. The van der Waals surface area contributed by atoms with Crippen molar-refractivity contribution in [3.63, 3.8) is 0 Å². The van der Waals surface area contributed by atoms with Crippen LogP contribution in [0, 0.1) is 0 Å². The number of para-hydroxylation sites is 2. The standard InChI is InChI=1S/C19H21NO4/c1-20(19(21)11-14-6-5-7-15(10-14)22-2)12-16-13-23-17-8-3-4-9-18(17)24-16/h3-10,16H,11-13H2,1-2H3/t16-/m1/s1. The number of methoxy groups -OCH3 is 1. The zero-order valence-electron chi connectivity index (χ0n) is 13.9. The summed E-state index contributed by atoms with van der Waals surface area (Å²) in [4.78, 5) is 14.1. The molecule has 1 aliphatic rings. The van der Waals surface area contributed by atoms with E-state index in [1.54, 1.807) is 19.1 Å². The Bertz CT molecular complexity index is 716. The molecule has 0 aliphatic carbocycles. The summed E-state index contributed by atoms with van der Waals surface area (Å²) in [6.45, 7) is 0.922. The summed E-state index contributed by atoms with van der Waals surface area (Å²) < 4.78 is 16.8. The van der Waals surface area contributed by atoms with Gasteiger partial charge in [0.25, 0.3) is 0 Å². The van der Waals surface area contributed by atoms with E-state index in [-0.39, 0.29) is 12.0 Å². The molecule has 2 aromatic rings. The fraction of sp³-hybridized carbons (Fsp3) is 0.316. The molecule has 2 aromatic carbocycles. The number of ether oxygens (including phenoxy) is 3. The van der Waals surface area contributed by atoms with Crippen LogP contribution in [0.2, 0.25) is 0 Å². The monoisotopic (exact) mass is 327 g/mol. The Morgan fingerprint density at radius 1 is 1.21 bits per heavy atom. The second-order valence-corrected chi connectivity index (χ2v) is 5.80. The maximum atomic E-state index is 12.4. The van der Waals surface area contributed by atoms with Gasteiger partial charge in [0.2, 0.25) is 5.91 Å². The quantitative estimate of drug-likeness (QED) is 0.847. The van der Waals surface area contributed by atoms with Crippen molar-refractivity contribution in [1.29, 1.82) is 0 Å². The van der Waals surface area contributed by atoms with E-state index in [4.69, 9.17) is 14.2 Å². The van der Waals surface area contributed by atoms with E-state index < -0.39 is 0 Å². The lowest BCUT2D eigenvalue weighted by Crippen LogP contribution is -2.42. The summed E-state index contributed by atoms with van der Waals surface area (Å²) in [6, 6.07) is 15.1. The van der Waals surface area contributed by atoms with Gasteiger partial charge in [0.05, 0.1) is 20.1 Å². The fourth-order valence-corrected chi connectivity index (χ4v) is 2.65. The summed E-state index contributed by atoms with van der Waals surface area (Å²) in [5.41, 5.74) is 0.928. The molecule has 1 aliphatic heterocycles. The highest BCUT2D eigenvalue weighted by Crippen LogP contribution is 2.30. The molecule has 1 heterocycles. The third-order valence-electron chi connectivity index (χ3n) is 3.96. The molecule has 0 bridgehead atoms. The first-order chi connectivity index (χ1) is 11.7. The highest BCUT2D eigenvalue weighted by molar-refractivity contribution is 5.78. The second-order valence-electron chi connectivity index (χ2n) is 5.80. The normalized spacial score (nSPS) is 15.7. The Balaban J connectivity index is 1.57. The van der Waals surface area contributed by atoms with Crippen LogP contribution in [0.4, 0.5) is 0 Å². The number of hydrogen-bond acceptors (Lipinski definition) is 4. The van der Waals surface area contributed by atoms with E-state index in [2.05, 4.69) is 0 Å². The molecule has 0 fully saturated rings. The molecule has 1 atom stereocenters. The molecule has 0 spiro atoms. The molecular formula is C19H21NO4. The Morgan fingerprint density at radius 2 is 2.00 bits per heavy atom. The van der Waals surface area contributed by atoms with Crippen molar-refractivity contribution in [2.24, 2.45) is 0 Å². The fourth-order valence-electron chi connectivity index (χ4n) is 2.65. The first kappa shape index (κ1) is 16.2. The highest BCUT2D eigenvalue weighted by Gasteiger charge is 2.23. The van der Waals surface area contributed by atoms with E-state index >= 15 is 0 Å². The van der Waals surface area contributed by atoms with Crippen molar-refractivity contribution in [2.45, 2.75) is 12.5 Å². The molecule has 0 saturated carbocycles. The van der Waals surface area contributed by atoms with E-state index in [9.17, 15) is 4.79 Å². The highest BCUT2D eigenvalue weighted by atomic mass is 16.6. The minimum Gasteiger partial charge on any atom is -0.497 e. The Hall–Kier alpha value is -2.69. The average Bonchev–Trinajstić information content (AvgIpc) is 2.61. The van der Waals surface area contributed by atoms with Crippen LogP contribution >= 0.6 is 0 Å². The van der Waals surface area contributed by atoms with Crippen LogP contribution in [-0.4, -0.2) is 44.2 Å². The summed E-state index contributed by atoms with van der Waals surface area (Å²) in [6.07, 6.45) is 0.164. The largest absolute Gasteiger partial charge is 0.497 e. The maximum absolute atomic E-state index is 12.4. The predicted octanol–water partition coefficient (Wildman–Crippen LogP) is 2.54. The molecule has 24 heavy (non-hydrogen) atoms. The Labute approximate surface area is 141 Å². The van der Waals surface area contributed by atoms with Crippen molar-refractivity contribution in [3.05, 3.63) is 54.1 Å². The summed E-state index contributed by atoms with van der Waals surface area (Å²) in [5, 5.41) is 0. The first-order valence-electron chi connectivity index (χ1n) is 7.91. The number of carbonyl (C=O) groups is 1. The Morgan fingerprint density at radius 3 is 2.79 bits per heavy atom. The topological polar surface area (TPSA) is 48.0 Å². The van der Waals surface area contributed by atoms with Gasteiger partial charge in [0, 0.05) is 7.05 Å². The van der Waals surface area contributed by atoms with Crippen molar-refractivity contribution in [1.82, 2.24) is 4.90 Å². The van der Waals surface area contributed by atoms with Gasteiger partial charge in [0.1, 0.15) is 12.4 Å². The van der Waals surface area contributed by atoms with Crippen molar-refractivity contribution >= 4 is 5.91 Å². The second kappa shape index (κ2) is 7.25. The number of benzene rings is 2. The van der Waals surface area contributed by atoms with Gasteiger partial charge in [-0.1, -0.05) is 24.3 Å². The number of amides is 1. The molecule has 1 amide bonds. The lowest BCUT2D eigenvalue weighted by Gasteiger charge is -2.29. The third kappa shape index (κ3) is 3.79. The molecule has 5 heteroatoms. The molecule has 0 N–H and O–H groups in total. The Kier molecular flexibility index (Phi) is 4.89. The van der Waals surface area contributed by atoms with Gasteiger partial charge in [-0.2, -0.15) is 0 Å². The molecule has 126 valence electrons. The molecule has 0 unspecified atom stereocenters. The van der Waals surface area contributed by atoms with Gasteiger partial charge in [-0.3, -0.25) is 4.79 Å². The molecule has 0 radical (unpaired) electrons. The average molecular weight is 327 g/mol. The van der Waals surface area contributed by atoms with Crippen LogP contribution in [0.5, 0.6) is 17.2 Å². The molecular weight excluding hydrogens is 306 g/mol. The number of hydrogen-bond donors (Lipinski definition) is 0. The van der Waals surface area contributed by atoms with E-state index in [0.717, 1.165) is 22.8 Å². The van der Waals surface area contributed by atoms with Crippen molar-refractivity contribution < 1.29 is 19.0 Å². The number of likely N-dealkylation sites (N-methyl/N-ethyl adjacent to an activating group) is 1. The van der Waals surface area contributed by atoms with Crippen molar-refractivity contribution in [2.75, 3.05) is 27.3 Å². The number of nitrogens with zero attached hydrogens (tertiary/aromatic N) is 1. The molecule has 3 rings (SSSR count). The van der Waals surface area contributed by atoms with Crippen LogP contribution in [0.3, 0.4) is 0 Å². The van der Waals surface area contributed by atoms with Gasteiger partial charge >= 0.3 is 0 Å². The smallest absolute Gasteiger partial charge is 0.226 e. The van der Waals surface area contributed by atoms with Crippen LogP contribution in [0.1, 0.15) is 5.56 Å². The predicted molar refractivity (Wildman–Crippen MR) is 90.7 cm³/mol. The van der Waals surface area contributed by atoms with Gasteiger partial charge in [-0.05, 0) is 29.8 Å². The maximum Gasteiger partial charge on any atom is 0.226 e. The zero-order chi connectivity index (χ0) is 16.9. The number of rotatable bonds is 5. The summed E-state index contributed by atoms with van der Waals surface area (Å²) >= 11 is 0. The van der Waals surface area contributed by atoms with Crippen LogP contribution in [0.25, 0.3) is 0 Å². The van der Waals surface area contributed by atoms with Gasteiger partial charge in [0.15, 0.2) is 17.6 Å². The number of carbonyl (C=O) groups excluding carboxylic acids is 1. The van der Waals surface area contributed by atoms with E-state index in [1.807, 2.05) is 48.5 Å². The van der Waals surface area contributed by atoms with Crippen molar-refractivity contribution in [3.8, 4) is 17.2 Å².